The van der Waals surface area contributed by atoms with Crippen molar-refractivity contribution in [3.05, 3.63) is 35.4 Å². The van der Waals surface area contributed by atoms with E-state index in [1.54, 1.807) is 0 Å². The third kappa shape index (κ3) is 4.61. The molecule has 1 nitrogen and oxygen atoms in total. The molecule has 0 aliphatic carbocycles. The molecule has 0 heterocycles. The standard InChI is InChI=1S/C13H14F5N/c1-2-3-8-19-11(12(14)15)9-4-6-10(7-5-9)13(16,17)18/h4-7,12H,2-3,8H2,1H3. The molecule has 0 unspecified atom stereocenters. The predicted octanol–water partition coefficient (Wildman–Crippen LogP) is 4.56. The summed E-state index contributed by atoms with van der Waals surface area (Å²) >= 11 is 0. The van der Waals surface area contributed by atoms with Crippen LogP contribution in [0.3, 0.4) is 0 Å². The maximum Gasteiger partial charge on any atom is 0.416 e. The Balaban J connectivity index is 2.95. The van der Waals surface area contributed by atoms with Gasteiger partial charge in [0.2, 0.25) is 0 Å². The van der Waals surface area contributed by atoms with Crippen LogP contribution in [0.5, 0.6) is 0 Å². The van der Waals surface area contributed by atoms with Crippen LogP contribution in [0.1, 0.15) is 30.9 Å². The van der Waals surface area contributed by atoms with Gasteiger partial charge in [0.1, 0.15) is 5.71 Å². The molecule has 0 N–H and O–H groups in total. The zero-order chi connectivity index (χ0) is 14.5. The highest BCUT2D eigenvalue weighted by Crippen LogP contribution is 2.29. The molecule has 19 heavy (non-hydrogen) atoms. The van der Waals surface area contributed by atoms with E-state index in [9.17, 15) is 22.0 Å². The van der Waals surface area contributed by atoms with Crippen molar-refractivity contribution in [2.24, 2.45) is 4.99 Å². The average molecular weight is 279 g/mol. The number of halogens is 5. The van der Waals surface area contributed by atoms with E-state index in [0.29, 0.717) is 6.42 Å². The highest BCUT2D eigenvalue weighted by atomic mass is 19.4. The Morgan fingerprint density at radius 3 is 2.16 bits per heavy atom. The molecule has 0 aliphatic rings. The summed E-state index contributed by atoms with van der Waals surface area (Å²) in [4.78, 5) is 3.76. The molecule has 0 saturated heterocycles. The van der Waals surface area contributed by atoms with Gasteiger partial charge in [0, 0.05) is 12.1 Å². The highest BCUT2D eigenvalue weighted by Gasteiger charge is 2.30. The van der Waals surface area contributed by atoms with E-state index in [2.05, 4.69) is 4.99 Å². The lowest BCUT2D eigenvalue weighted by Crippen LogP contribution is -2.14. The van der Waals surface area contributed by atoms with E-state index in [-0.39, 0.29) is 12.1 Å². The summed E-state index contributed by atoms with van der Waals surface area (Å²) in [5.74, 6) is 0. The van der Waals surface area contributed by atoms with Gasteiger partial charge >= 0.3 is 6.18 Å². The van der Waals surface area contributed by atoms with E-state index in [1.807, 2.05) is 6.92 Å². The molecule has 0 amide bonds. The van der Waals surface area contributed by atoms with E-state index >= 15 is 0 Å². The van der Waals surface area contributed by atoms with E-state index < -0.39 is 23.9 Å². The first-order valence-corrected chi connectivity index (χ1v) is 5.86. The van der Waals surface area contributed by atoms with Gasteiger partial charge in [0.15, 0.2) is 0 Å². The van der Waals surface area contributed by atoms with Crippen molar-refractivity contribution in [1.82, 2.24) is 0 Å². The van der Waals surface area contributed by atoms with E-state index in [4.69, 9.17) is 0 Å². The van der Waals surface area contributed by atoms with Gasteiger partial charge in [0.25, 0.3) is 6.43 Å². The minimum atomic E-state index is -4.47. The second-order valence-corrected chi connectivity index (χ2v) is 4.00. The largest absolute Gasteiger partial charge is 0.416 e. The summed E-state index contributed by atoms with van der Waals surface area (Å²) in [5.41, 5.74) is -1.29. The van der Waals surface area contributed by atoms with Crippen LogP contribution in [0.15, 0.2) is 29.3 Å². The fourth-order valence-electron chi connectivity index (χ4n) is 1.47. The molecule has 6 heteroatoms. The van der Waals surface area contributed by atoms with E-state index in [1.165, 1.54) is 0 Å². The number of rotatable bonds is 5. The van der Waals surface area contributed by atoms with Crippen molar-refractivity contribution in [2.75, 3.05) is 6.54 Å². The molecule has 0 fully saturated rings. The minimum Gasteiger partial charge on any atom is -0.283 e. The second kappa shape index (κ2) is 6.63. The molecular formula is C13H14F5N. The van der Waals surface area contributed by atoms with Gasteiger partial charge in [-0.2, -0.15) is 13.2 Å². The molecule has 0 radical (unpaired) electrons. The first kappa shape index (κ1) is 15.6. The molecular weight excluding hydrogens is 265 g/mol. The molecule has 0 atom stereocenters. The van der Waals surface area contributed by atoms with Crippen LogP contribution in [-0.4, -0.2) is 18.7 Å². The van der Waals surface area contributed by atoms with Crippen molar-refractivity contribution in [1.29, 1.82) is 0 Å². The first-order chi connectivity index (χ1) is 8.86. The van der Waals surface area contributed by atoms with Gasteiger partial charge in [-0.05, 0) is 18.6 Å². The SMILES string of the molecule is CCCCN=C(c1ccc(C(F)(F)F)cc1)C(F)F. The topological polar surface area (TPSA) is 12.4 Å². The lowest BCUT2D eigenvalue weighted by Gasteiger charge is -2.09. The third-order valence-corrected chi connectivity index (χ3v) is 2.51. The Morgan fingerprint density at radius 1 is 1.16 bits per heavy atom. The monoisotopic (exact) mass is 279 g/mol. The zero-order valence-corrected chi connectivity index (χ0v) is 10.3. The Hall–Kier alpha value is -1.46. The number of hydrogen-bond acceptors (Lipinski definition) is 1. The maximum atomic E-state index is 12.8. The Morgan fingerprint density at radius 2 is 1.74 bits per heavy atom. The lowest BCUT2D eigenvalue weighted by molar-refractivity contribution is -0.137. The lowest BCUT2D eigenvalue weighted by atomic mass is 10.1. The van der Waals surface area contributed by atoms with Crippen LogP contribution in [0.4, 0.5) is 22.0 Å². The number of hydrogen-bond donors (Lipinski definition) is 0. The second-order valence-electron chi connectivity index (χ2n) is 4.00. The first-order valence-electron chi connectivity index (χ1n) is 5.86. The molecule has 0 spiro atoms. The molecule has 1 rings (SSSR count). The maximum absolute atomic E-state index is 12.8. The van der Waals surface area contributed by atoms with Crippen LogP contribution in [0, 0.1) is 0 Å². The molecule has 0 aliphatic heterocycles. The number of nitrogens with zero attached hydrogens (tertiary/aromatic N) is 1. The van der Waals surface area contributed by atoms with Crippen molar-refractivity contribution in [3.63, 3.8) is 0 Å². The van der Waals surface area contributed by atoms with Crippen molar-refractivity contribution in [2.45, 2.75) is 32.4 Å². The summed E-state index contributed by atoms with van der Waals surface area (Å²) in [6.07, 6.45) is -5.79. The van der Waals surface area contributed by atoms with Crippen LogP contribution in [0.25, 0.3) is 0 Å². The van der Waals surface area contributed by atoms with Crippen LogP contribution in [-0.2, 0) is 6.18 Å². The molecule has 1 aromatic carbocycles. The predicted molar refractivity (Wildman–Crippen MR) is 63.8 cm³/mol. The Bertz CT molecular complexity index is 420. The highest BCUT2D eigenvalue weighted by molar-refractivity contribution is 6.02. The third-order valence-electron chi connectivity index (χ3n) is 2.51. The Labute approximate surface area is 108 Å². The van der Waals surface area contributed by atoms with Gasteiger partial charge < -0.3 is 0 Å². The van der Waals surface area contributed by atoms with Gasteiger partial charge in [-0.1, -0.05) is 25.5 Å². The van der Waals surface area contributed by atoms with Crippen molar-refractivity contribution >= 4 is 5.71 Å². The van der Waals surface area contributed by atoms with Gasteiger partial charge in [-0.15, -0.1) is 0 Å². The number of benzene rings is 1. The van der Waals surface area contributed by atoms with E-state index in [0.717, 1.165) is 30.7 Å². The van der Waals surface area contributed by atoms with Crippen molar-refractivity contribution < 1.29 is 22.0 Å². The number of aliphatic imine (C=N–C) groups is 1. The normalized spacial score (nSPS) is 13.1. The van der Waals surface area contributed by atoms with Crippen LogP contribution < -0.4 is 0 Å². The van der Waals surface area contributed by atoms with Gasteiger partial charge in [-0.25, -0.2) is 8.78 Å². The minimum absolute atomic E-state index is 0.0269. The quantitative estimate of drug-likeness (QED) is 0.425. The van der Waals surface area contributed by atoms with Crippen molar-refractivity contribution in [3.8, 4) is 0 Å². The smallest absolute Gasteiger partial charge is 0.283 e. The number of alkyl halides is 5. The van der Waals surface area contributed by atoms with Gasteiger partial charge in [0.05, 0.1) is 5.56 Å². The summed E-state index contributed by atoms with van der Waals surface area (Å²) in [7, 11) is 0. The van der Waals surface area contributed by atoms with Gasteiger partial charge in [-0.3, -0.25) is 4.99 Å². The summed E-state index contributed by atoms with van der Waals surface area (Å²) in [6.45, 7) is 2.15. The average Bonchev–Trinajstić information content (AvgIpc) is 2.33. The van der Waals surface area contributed by atoms with Crippen LogP contribution in [0.2, 0.25) is 0 Å². The molecule has 1 aromatic rings. The molecule has 0 bridgehead atoms. The Kier molecular flexibility index (Phi) is 5.44. The van der Waals surface area contributed by atoms with Crippen LogP contribution >= 0.6 is 0 Å². The summed E-state index contributed by atoms with van der Waals surface area (Å²) < 4.78 is 62.6. The summed E-state index contributed by atoms with van der Waals surface area (Å²) in [6, 6.07) is 3.62. The zero-order valence-electron chi connectivity index (χ0n) is 10.3. The fraction of sp³-hybridized carbons (Fsp3) is 0.462. The molecule has 106 valence electrons. The summed E-state index contributed by atoms with van der Waals surface area (Å²) in [5, 5.41) is 0. The number of unbranched alkanes of at least 4 members (excludes halogenated alkanes) is 1. The fourth-order valence-corrected chi connectivity index (χ4v) is 1.47. The molecule has 0 saturated carbocycles. The molecule has 0 aromatic heterocycles.